The van der Waals surface area contributed by atoms with Crippen LogP contribution in [0.4, 0.5) is 0 Å². The summed E-state index contributed by atoms with van der Waals surface area (Å²) in [6.07, 6.45) is 5.98. The Morgan fingerprint density at radius 3 is 2.64 bits per heavy atom. The van der Waals surface area contributed by atoms with E-state index in [-0.39, 0.29) is 0 Å². The third kappa shape index (κ3) is 6.11. The van der Waals surface area contributed by atoms with E-state index >= 15 is 0 Å². The van der Waals surface area contributed by atoms with Gasteiger partial charge in [0.05, 0.1) is 0 Å². The Balaban J connectivity index is 3.27. The Kier molecular flexibility index (Phi) is 6.24. The van der Waals surface area contributed by atoms with Crippen molar-refractivity contribution >= 4 is 0 Å². The summed E-state index contributed by atoms with van der Waals surface area (Å²) in [6.45, 7) is 7.33. The van der Waals surface area contributed by atoms with Gasteiger partial charge in [-0.1, -0.05) is 18.6 Å². The standard InChI is InChI=1S/C10H21N/c1-4-9(2)6-5-7-10(3)8-11/h4,10H,5-8,11H2,1-3H3/b9-4+/t10-/m0/s1. The second-order valence-electron chi connectivity index (χ2n) is 3.37. The van der Waals surface area contributed by atoms with Gasteiger partial charge in [0.2, 0.25) is 0 Å². The molecule has 0 amide bonds. The molecule has 0 aromatic heterocycles. The Morgan fingerprint density at radius 1 is 1.55 bits per heavy atom. The molecule has 1 heteroatoms. The first-order valence-electron chi connectivity index (χ1n) is 4.52. The van der Waals surface area contributed by atoms with Crippen LogP contribution < -0.4 is 5.73 Å². The topological polar surface area (TPSA) is 26.0 Å². The third-order valence-corrected chi connectivity index (χ3v) is 2.16. The van der Waals surface area contributed by atoms with E-state index in [1.165, 1.54) is 24.8 Å². The molecular formula is C10H21N. The largest absolute Gasteiger partial charge is 0.330 e. The molecule has 0 saturated carbocycles. The zero-order valence-electron chi connectivity index (χ0n) is 8.06. The maximum absolute atomic E-state index is 5.51. The fourth-order valence-electron chi connectivity index (χ4n) is 0.992. The second kappa shape index (κ2) is 6.41. The van der Waals surface area contributed by atoms with Gasteiger partial charge in [-0.25, -0.2) is 0 Å². The quantitative estimate of drug-likeness (QED) is 0.607. The number of allylic oxidation sites excluding steroid dienone is 2. The SMILES string of the molecule is C/C=C(\C)CCC[C@H](C)CN. The van der Waals surface area contributed by atoms with E-state index in [1.807, 2.05) is 0 Å². The highest BCUT2D eigenvalue weighted by molar-refractivity contribution is 4.94. The van der Waals surface area contributed by atoms with Crippen LogP contribution in [0.1, 0.15) is 40.0 Å². The molecule has 1 atom stereocenters. The van der Waals surface area contributed by atoms with Crippen molar-refractivity contribution in [3.63, 3.8) is 0 Å². The first-order chi connectivity index (χ1) is 5.20. The molecule has 0 fully saturated rings. The minimum atomic E-state index is 0.694. The van der Waals surface area contributed by atoms with Crippen LogP contribution in [-0.2, 0) is 0 Å². The lowest BCUT2D eigenvalue weighted by atomic mass is 10.0. The zero-order valence-corrected chi connectivity index (χ0v) is 8.06. The molecule has 0 aliphatic rings. The maximum Gasteiger partial charge on any atom is -0.00515 e. The van der Waals surface area contributed by atoms with Crippen LogP contribution in [0.5, 0.6) is 0 Å². The summed E-state index contributed by atoms with van der Waals surface area (Å²) in [5, 5.41) is 0. The van der Waals surface area contributed by atoms with Crippen LogP contribution in [0.25, 0.3) is 0 Å². The highest BCUT2D eigenvalue weighted by Gasteiger charge is 1.97. The second-order valence-corrected chi connectivity index (χ2v) is 3.37. The van der Waals surface area contributed by atoms with E-state index in [0.717, 1.165) is 6.54 Å². The van der Waals surface area contributed by atoms with Crippen molar-refractivity contribution in [2.24, 2.45) is 11.7 Å². The van der Waals surface area contributed by atoms with Crippen LogP contribution in [0, 0.1) is 5.92 Å². The molecule has 0 aliphatic heterocycles. The summed E-state index contributed by atoms with van der Waals surface area (Å²) in [5.74, 6) is 0.694. The number of nitrogens with two attached hydrogens (primary N) is 1. The van der Waals surface area contributed by atoms with Gasteiger partial charge in [-0.05, 0) is 45.6 Å². The minimum Gasteiger partial charge on any atom is -0.330 e. The molecule has 0 radical (unpaired) electrons. The van der Waals surface area contributed by atoms with Gasteiger partial charge >= 0.3 is 0 Å². The molecule has 0 bridgehead atoms. The number of hydrogen-bond acceptors (Lipinski definition) is 1. The van der Waals surface area contributed by atoms with Crippen molar-refractivity contribution < 1.29 is 0 Å². The normalized spacial score (nSPS) is 15.1. The van der Waals surface area contributed by atoms with E-state index < -0.39 is 0 Å². The molecule has 0 aromatic carbocycles. The van der Waals surface area contributed by atoms with Gasteiger partial charge in [-0.2, -0.15) is 0 Å². The maximum atomic E-state index is 5.51. The lowest BCUT2D eigenvalue weighted by molar-refractivity contribution is 0.520. The van der Waals surface area contributed by atoms with Gasteiger partial charge in [-0.3, -0.25) is 0 Å². The van der Waals surface area contributed by atoms with Gasteiger partial charge in [0.1, 0.15) is 0 Å². The summed E-state index contributed by atoms with van der Waals surface area (Å²) in [4.78, 5) is 0. The van der Waals surface area contributed by atoms with E-state index in [9.17, 15) is 0 Å². The molecular weight excluding hydrogens is 134 g/mol. The summed E-state index contributed by atoms with van der Waals surface area (Å²) in [7, 11) is 0. The van der Waals surface area contributed by atoms with Gasteiger partial charge in [-0.15, -0.1) is 0 Å². The van der Waals surface area contributed by atoms with Crippen LogP contribution >= 0.6 is 0 Å². The predicted octanol–water partition coefficient (Wildman–Crippen LogP) is 2.72. The molecule has 11 heavy (non-hydrogen) atoms. The minimum absolute atomic E-state index is 0.694. The third-order valence-electron chi connectivity index (χ3n) is 2.16. The fraction of sp³-hybridized carbons (Fsp3) is 0.800. The molecule has 66 valence electrons. The van der Waals surface area contributed by atoms with Crippen molar-refractivity contribution in [3.8, 4) is 0 Å². The Labute approximate surface area is 70.7 Å². The van der Waals surface area contributed by atoms with E-state index in [4.69, 9.17) is 5.73 Å². The summed E-state index contributed by atoms with van der Waals surface area (Å²) in [6, 6.07) is 0. The molecule has 0 rings (SSSR count). The fourth-order valence-corrected chi connectivity index (χ4v) is 0.992. The van der Waals surface area contributed by atoms with Crippen LogP contribution in [0.2, 0.25) is 0 Å². The van der Waals surface area contributed by atoms with E-state index in [0.29, 0.717) is 5.92 Å². The van der Waals surface area contributed by atoms with Gasteiger partial charge in [0.15, 0.2) is 0 Å². The van der Waals surface area contributed by atoms with Crippen molar-refractivity contribution in [2.45, 2.75) is 40.0 Å². The number of rotatable bonds is 5. The first-order valence-corrected chi connectivity index (χ1v) is 4.52. The van der Waals surface area contributed by atoms with Crippen LogP contribution in [0.3, 0.4) is 0 Å². The van der Waals surface area contributed by atoms with Crippen molar-refractivity contribution in [2.75, 3.05) is 6.54 Å². The molecule has 1 nitrogen and oxygen atoms in total. The molecule has 0 unspecified atom stereocenters. The van der Waals surface area contributed by atoms with E-state index in [1.54, 1.807) is 0 Å². The highest BCUT2D eigenvalue weighted by atomic mass is 14.5. The van der Waals surface area contributed by atoms with E-state index in [2.05, 4.69) is 26.8 Å². The van der Waals surface area contributed by atoms with Crippen molar-refractivity contribution in [1.82, 2.24) is 0 Å². The zero-order chi connectivity index (χ0) is 8.69. The predicted molar refractivity (Wildman–Crippen MR) is 51.5 cm³/mol. The van der Waals surface area contributed by atoms with Gasteiger partial charge in [0.25, 0.3) is 0 Å². The molecule has 0 aromatic rings. The Hall–Kier alpha value is -0.300. The lowest BCUT2D eigenvalue weighted by Crippen LogP contribution is -2.10. The highest BCUT2D eigenvalue weighted by Crippen LogP contribution is 2.10. The average molecular weight is 155 g/mol. The van der Waals surface area contributed by atoms with Gasteiger partial charge in [0, 0.05) is 0 Å². The molecule has 0 heterocycles. The first kappa shape index (κ1) is 10.7. The van der Waals surface area contributed by atoms with Gasteiger partial charge < -0.3 is 5.73 Å². The summed E-state index contributed by atoms with van der Waals surface area (Å²) < 4.78 is 0. The van der Waals surface area contributed by atoms with Crippen LogP contribution in [-0.4, -0.2) is 6.54 Å². The Bertz CT molecular complexity index is 116. The summed E-state index contributed by atoms with van der Waals surface area (Å²) in [5.41, 5.74) is 7.00. The molecule has 0 spiro atoms. The molecule has 0 saturated heterocycles. The number of hydrogen-bond donors (Lipinski definition) is 1. The van der Waals surface area contributed by atoms with Crippen molar-refractivity contribution in [1.29, 1.82) is 0 Å². The van der Waals surface area contributed by atoms with Crippen LogP contribution in [0.15, 0.2) is 11.6 Å². The Morgan fingerprint density at radius 2 is 2.18 bits per heavy atom. The lowest BCUT2D eigenvalue weighted by Gasteiger charge is -2.07. The average Bonchev–Trinajstić information content (AvgIpc) is 2.04. The summed E-state index contributed by atoms with van der Waals surface area (Å²) >= 11 is 0. The smallest absolute Gasteiger partial charge is 0.00515 e. The molecule has 2 N–H and O–H groups in total. The molecule has 0 aliphatic carbocycles. The monoisotopic (exact) mass is 155 g/mol. The van der Waals surface area contributed by atoms with Crippen molar-refractivity contribution in [3.05, 3.63) is 11.6 Å².